The molecule has 0 bridgehead atoms. The van der Waals surface area contributed by atoms with Gasteiger partial charge in [0.25, 0.3) is 0 Å². The van der Waals surface area contributed by atoms with Crippen LogP contribution in [0.5, 0.6) is 0 Å². The maximum atomic E-state index is 5.44. The molecular formula is C9H19NO. The van der Waals surface area contributed by atoms with E-state index in [9.17, 15) is 0 Å². The van der Waals surface area contributed by atoms with E-state index < -0.39 is 0 Å². The van der Waals surface area contributed by atoms with E-state index in [4.69, 9.17) is 4.74 Å². The maximum absolute atomic E-state index is 5.44. The first-order chi connectivity index (χ1) is 5.24. The molecule has 1 aliphatic heterocycles. The number of rotatable bonds is 2. The predicted octanol–water partition coefficient (Wildman–Crippen LogP) is 1.57. The fourth-order valence-corrected chi connectivity index (χ4v) is 1.54. The Balaban J connectivity index is 2.33. The quantitative estimate of drug-likeness (QED) is 0.603. The highest BCUT2D eigenvalue weighted by atomic mass is 16.5. The van der Waals surface area contributed by atoms with E-state index in [1.807, 2.05) is 0 Å². The molecule has 0 saturated carbocycles. The smallest absolute Gasteiger partial charge is 0.0987 e. The van der Waals surface area contributed by atoms with Crippen molar-refractivity contribution in [2.24, 2.45) is 11.8 Å². The molecule has 66 valence electrons. The molecule has 0 aromatic carbocycles. The summed E-state index contributed by atoms with van der Waals surface area (Å²) < 4.78 is 5.44. The molecule has 2 nitrogen and oxygen atoms in total. The lowest BCUT2D eigenvalue weighted by Gasteiger charge is -2.32. The highest BCUT2D eigenvalue weighted by molar-refractivity contribution is 4.70. The molecule has 0 aliphatic carbocycles. The van der Waals surface area contributed by atoms with Gasteiger partial charge in [-0.15, -0.1) is 0 Å². The maximum Gasteiger partial charge on any atom is 0.0987 e. The molecule has 0 amide bonds. The molecule has 0 radical (unpaired) electrons. The monoisotopic (exact) mass is 157 g/mol. The highest BCUT2D eigenvalue weighted by Crippen LogP contribution is 2.19. The second-order valence-corrected chi connectivity index (χ2v) is 3.68. The van der Waals surface area contributed by atoms with E-state index in [-0.39, 0.29) is 0 Å². The van der Waals surface area contributed by atoms with Gasteiger partial charge in [0.1, 0.15) is 0 Å². The van der Waals surface area contributed by atoms with Crippen molar-refractivity contribution in [2.45, 2.75) is 20.3 Å². The summed E-state index contributed by atoms with van der Waals surface area (Å²) in [5.41, 5.74) is 0. The average Bonchev–Trinajstić information content (AvgIpc) is 2.03. The van der Waals surface area contributed by atoms with Gasteiger partial charge in [-0.05, 0) is 18.9 Å². The van der Waals surface area contributed by atoms with Crippen molar-refractivity contribution in [1.29, 1.82) is 0 Å². The normalized spacial score (nSPS) is 30.3. The third-order valence-electron chi connectivity index (χ3n) is 2.64. The van der Waals surface area contributed by atoms with E-state index in [1.54, 1.807) is 0 Å². The molecular weight excluding hydrogens is 138 g/mol. The van der Waals surface area contributed by atoms with Crippen molar-refractivity contribution < 1.29 is 4.74 Å². The van der Waals surface area contributed by atoms with Gasteiger partial charge < -0.3 is 4.74 Å². The standard InChI is InChI=1S/C9H19NO/c1-4-8(2)9-5-10(3)7-11-6-9/h8-9H,4-7H2,1-3H3. The van der Waals surface area contributed by atoms with Crippen LogP contribution in [0.2, 0.25) is 0 Å². The topological polar surface area (TPSA) is 12.5 Å². The first-order valence-electron chi connectivity index (χ1n) is 4.50. The second kappa shape index (κ2) is 4.07. The summed E-state index contributed by atoms with van der Waals surface area (Å²) in [5, 5.41) is 0. The number of hydrogen-bond donors (Lipinski definition) is 0. The molecule has 2 heteroatoms. The second-order valence-electron chi connectivity index (χ2n) is 3.68. The lowest BCUT2D eigenvalue weighted by atomic mass is 9.91. The Morgan fingerprint density at radius 2 is 2.36 bits per heavy atom. The minimum absolute atomic E-state index is 0.749. The molecule has 1 fully saturated rings. The van der Waals surface area contributed by atoms with E-state index in [1.165, 1.54) is 13.0 Å². The van der Waals surface area contributed by atoms with Crippen LogP contribution in [0.4, 0.5) is 0 Å². The zero-order chi connectivity index (χ0) is 8.27. The van der Waals surface area contributed by atoms with E-state index in [2.05, 4.69) is 25.8 Å². The molecule has 2 atom stereocenters. The average molecular weight is 157 g/mol. The van der Waals surface area contributed by atoms with Crippen LogP contribution in [0.15, 0.2) is 0 Å². The highest BCUT2D eigenvalue weighted by Gasteiger charge is 2.21. The van der Waals surface area contributed by atoms with Crippen LogP contribution < -0.4 is 0 Å². The first kappa shape index (κ1) is 9.01. The fourth-order valence-electron chi connectivity index (χ4n) is 1.54. The summed E-state index contributed by atoms with van der Waals surface area (Å²) in [6.45, 7) is 7.54. The van der Waals surface area contributed by atoms with Gasteiger partial charge in [0.05, 0.1) is 13.3 Å². The van der Waals surface area contributed by atoms with Gasteiger partial charge >= 0.3 is 0 Å². The molecule has 1 saturated heterocycles. The van der Waals surface area contributed by atoms with Crippen molar-refractivity contribution in [3.63, 3.8) is 0 Å². The number of ether oxygens (including phenoxy) is 1. The molecule has 11 heavy (non-hydrogen) atoms. The van der Waals surface area contributed by atoms with Crippen LogP contribution in [0.25, 0.3) is 0 Å². The first-order valence-corrected chi connectivity index (χ1v) is 4.50. The Morgan fingerprint density at radius 3 is 2.91 bits per heavy atom. The van der Waals surface area contributed by atoms with Gasteiger partial charge in [0.15, 0.2) is 0 Å². The Kier molecular flexibility index (Phi) is 3.34. The molecule has 0 aromatic rings. The van der Waals surface area contributed by atoms with Gasteiger partial charge in [0, 0.05) is 6.54 Å². The summed E-state index contributed by atoms with van der Waals surface area (Å²) in [7, 11) is 2.12. The lowest BCUT2D eigenvalue weighted by molar-refractivity contribution is -0.0476. The largest absolute Gasteiger partial charge is 0.366 e. The summed E-state index contributed by atoms with van der Waals surface area (Å²) in [6.07, 6.45) is 1.27. The van der Waals surface area contributed by atoms with E-state index in [0.29, 0.717) is 0 Å². The van der Waals surface area contributed by atoms with Gasteiger partial charge in [-0.2, -0.15) is 0 Å². The Hall–Kier alpha value is -0.0800. The van der Waals surface area contributed by atoms with Crippen molar-refractivity contribution in [3.05, 3.63) is 0 Å². The summed E-state index contributed by atoms with van der Waals surface area (Å²) in [4.78, 5) is 2.25. The molecule has 0 spiro atoms. The Bertz CT molecular complexity index is 116. The zero-order valence-electron chi connectivity index (χ0n) is 7.84. The fraction of sp³-hybridized carbons (Fsp3) is 1.00. The Morgan fingerprint density at radius 1 is 1.64 bits per heavy atom. The van der Waals surface area contributed by atoms with Crippen LogP contribution in [0.3, 0.4) is 0 Å². The van der Waals surface area contributed by atoms with Gasteiger partial charge in [-0.25, -0.2) is 0 Å². The van der Waals surface area contributed by atoms with Crippen LogP contribution in [0.1, 0.15) is 20.3 Å². The van der Waals surface area contributed by atoms with E-state index in [0.717, 1.165) is 25.2 Å². The van der Waals surface area contributed by atoms with Crippen molar-refractivity contribution in [2.75, 3.05) is 26.9 Å². The van der Waals surface area contributed by atoms with E-state index >= 15 is 0 Å². The zero-order valence-corrected chi connectivity index (χ0v) is 7.84. The van der Waals surface area contributed by atoms with Crippen LogP contribution in [0, 0.1) is 11.8 Å². The van der Waals surface area contributed by atoms with Crippen molar-refractivity contribution in [3.8, 4) is 0 Å². The van der Waals surface area contributed by atoms with Gasteiger partial charge in [-0.3, -0.25) is 4.90 Å². The van der Waals surface area contributed by atoms with Gasteiger partial charge in [0.2, 0.25) is 0 Å². The van der Waals surface area contributed by atoms with Crippen LogP contribution in [-0.4, -0.2) is 31.8 Å². The number of hydrogen-bond acceptors (Lipinski definition) is 2. The molecule has 1 heterocycles. The lowest BCUT2D eigenvalue weighted by Crippen LogP contribution is -2.39. The van der Waals surface area contributed by atoms with Crippen LogP contribution >= 0.6 is 0 Å². The minimum atomic E-state index is 0.749. The summed E-state index contributed by atoms with van der Waals surface area (Å²) in [5.74, 6) is 1.55. The molecule has 1 aliphatic rings. The molecule has 0 N–H and O–H groups in total. The number of nitrogens with zero attached hydrogens (tertiary/aromatic N) is 1. The molecule has 2 unspecified atom stereocenters. The third kappa shape index (κ3) is 2.46. The van der Waals surface area contributed by atoms with Gasteiger partial charge in [-0.1, -0.05) is 20.3 Å². The molecule has 0 aromatic heterocycles. The molecule has 1 rings (SSSR count). The van der Waals surface area contributed by atoms with Crippen molar-refractivity contribution >= 4 is 0 Å². The minimum Gasteiger partial charge on any atom is -0.366 e. The summed E-state index contributed by atoms with van der Waals surface area (Å²) in [6, 6.07) is 0. The Labute approximate surface area is 69.5 Å². The SMILES string of the molecule is CCC(C)C1COCN(C)C1. The summed E-state index contributed by atoms with van der Waals surface area (Å²) >= 11 is 0. The van der Waals surface area contributed by atoms with Crippen LogP contribution in [-0.2, 0) is 4.74 Å². The third-order valence-corrected chi connectivity index (χ3v) is 2.64. The van der Waals surface area contributed by atoms with Crippen molar-refractivity contribution in [1.82, 2.24) is 4.90 Å². The predicted molar refractivity (Wildman–Crippen MR) is 46.4 cm³/mol.